The Hall–Kier alpha value is -2.47. The summed E-state index contributed by atoms with van der Waals surface area (Å²) in [6, 6.07) is 9.56. The van der Waals surface area contributed by atoms with Gasteiger partial charge in [0.2, 0.25) is 5.91 Å². The summed E-state index contributed by atoms with van der Waals surface area (Å²) in [5.74, 6) is 1.13. The Morgan fingerprint density at radius 2 is 2.32 bits per heavy atom. The Balaban J connectivity index is 1.62. The van der Waals surface area contributed by atoms with Crippen LogP contribution in [0.4, 0.5) is 0 Å². The Bertz CT molecular complexity index is 693. The van der Waals surface area contributed by atoms with Gasteiger partial charge in [-0.3, -0.25) is 4.79 Å². The van der Waals surface area contributed by atoms with Gasteiger partial charge in [0.1, 0.15) is 12.1 Å². The molecule has 0 bridgehead atoms. The summed E-state index contributed by atoms with van der Waals surface area (Å²) in [6.45, 7) is 2.53. The average Bonchev–Trinajstić information content (AvgIpc) is 2.88. The molecule has 1 saturated heterocycles. The zero-order chi connectivity index (χ0) is 17.5. The van der Waals surface area contributed by atoms with Crippen molar-refractivity contribution in [3.05, 3.63) is 54.1 Å². The first-order valence-electron chi connectivity index (χ1n) is 8.48. The van der Waals surface area contributed by atoms with Gasteiger partial charge in [-0.15, -0.1) is 0 Å². The monoisotopic (exact) mass is 341 g/mol. The SMILES string of the molecule is COc1cccc(CC(=O)N2CCOC[C@H](Cc3ccncn3)C2)c1. The first-order chi connectivity index (χ1) is 12.2. The van der Waals surface area contributed by atoms with E-state index in [1.165, 1.54) is 0 Å². The van der Waals surface area contributed by atoms with Crippen molar-refractivity contribution in [2.45, 2.75) is 12.8 Å². The molecule has 1 aromatic carbocycles. The lowest BCUT2D eigenvalue weighted by molar-refractivity contribution is -0.130. The minimum absolute atomic E-state index is 0.117. The van der Waals surface area contributed by atoms with E-state index in [0.29, 0.717) is 32.7 Å². The number of methoxy groups -OCH3 is 1. The third-order valence-electron chi connectivity index (χ3n) is 4.32. The number of amides is 1. The van der Waals surface area contributed by atoms with E-state index in [1.54, 1.807) is 19.6 Å². The maximum atomic E-state index is 12.7. The zero-order valence-corrected chi connectivity index (χ0v) is 14.4. The average molecular weight is 341 g/mol. The van der Waals surface area contributed by atoms with Crippen LogP contribution < -0.4 is 4.74 Å². The fraction of sp³-hybridized carbons (Fsp3) is 0.421. The van der Waals surface area contributed by atoms with Gasteiger partial charge in [0.05, 0.1) is 26.7 Å². The van der Waals surface area contributed by atoms with E-state index >= 15 is 0 Å². The molecule has 6 heteroatoms. The quantitative estimate of drug-likeness (QED) is 0.829. The fourth-order valence-electron chi connectivity index (χ4n) is 3.03. The molecule has 1 fully saturated rings. The lowest BCUT2D eigenvalue weighted by atomic mass is 10.0. The van der Waals surface area contributed by atoms with Crippen LogP contribution in [0.2, 0.25) is 0 Å². The molecule has 0 N–H and O–H groups in total. The summed E-state index contributed by atoms with van der Waals surface area (Å²) in [5.41, 5.74) is 1.94. The summed E-state index contributed by atoms with van der Waals surface area (Å²) in [4.78, 5) is 22.8. The van der Waals surface area contributed by atoms with Gasteiger partial charge in [-0.25, -0.2) is 9.97 Å². The molecule has 2 heterocycles. The standard InChI is InChI=1S/C19H23N3O3/c1-24-18-4-2-3-15(10-18)11-19(23)22-7-8-25-13-16(12-22)9-17-5-6-20-14-21-17/h2-6,10,14,16H,7-9,11-13H2,1H3/t16-/m1/s1. The molecule has 132 valence electrons. The highest BCUT2D eigenvalue weighted by Crippen LogP contribution is 2.16. The van der Waals surface area contributed by atoms with Crippen LogP contribution in [0.1, 0.15) is 11.3 Å². The molecule has 6 nitrogen and oxygen atoms in total. The number of hydrogen-bond acceptors (Lipinski definition) is 5. The van der Waals surface area contributed by atoms with Crippen LogP contribution in [0.15, 0.2) is 42.9 Å². The lowest BCUT2D eigenvalue weighted by Gasteiger charge is -2.23. The molecule has 0 saturated carbocycles. The van der Waals surface area contributed by atoms with Crippen LogP contribution in [0, 0.1) is 5.92 Å². The van der Waals surface area contributed by atoms with Gasteiger partial charge < -0.3 is 14.4 Å². The highest BCUT2D eigenvalue weighted by Gasteiger charge is 2.23. The predicted molar refractivity (Wildman–Crippen MR) is 93.3 cm³/mol. The largest absolute Gasteiger partial charge is 0.497 e. The molecular weight excluding hydrogens is 318 g/mol. The second-order valence-electron chi connectivity index (χ2n) is 6.21. The number of benzene rings is 1. The zero-order valence-electron chi connectivity index (χ0n) is 14.4. The van der Waals surface area contributed by atoms with Crippen molar-refractivity contribution >= 4 is 5.91 Å². The van der Waals surface area contributed by atoms with Gasteiger partial charge in [0, 0.05) is 30.9 Å². The topological polar surface area (TPSA) is 64.5 Å². The van der Waals surface area contributed by atoms with Gasteiger partial charge in [-0.2, -0.15) is 0 Å². The van der Waals surface area contributed by atoms with Crippen LogP contribution in [-0.2, 0) is 22.4 Å². The van der Waals surface area contributed by atoms with Crippen molar-refractivity contribution in [2.24, 2.45) is 5.92 Å². The number of hydrogen-bond donors (Lipinski definition) is 0. The van der Waals surface area contributed by atoms with Crippen LogP contribution in [0.25, 0.3) is 0 Å². The summed E-state index contributed by atoms with van der Waals surface area (Å²) >= 11 is 0. The van der Waals surface area contributed by atoms with E-state index in [-0.39, 0.29) is 11.8 Å². The normalized spacial score (nSPS) is 17.8. The number of nitrogens with zero attached hydrogens (tertiary/aromatic N) is 3. The number of ether oxygens (including phenoxy) is 2. The van der Waals surface area contributed by atoms with Crippen LogP contribution in [0.5, 0.6) is 5.75 Å². The fourth-order valence-corrected chi connectivity index (χ4v) is 3.03. The van der Waals surface area contributed by atoms with E-state index in [2.05, 4.69) is 9.97 Å². The summed E-state index contributed by atoms with van der Waals surface area (Å²) in [6.07, 6.45) is 4.45. The third kappa shape index (κ3) is 5.00. The molecular formula is C19H23N3O3. The molecule has 0 unspecified atom stereocenters. The molecule has 0 radical (unpaired) electrons. The van der Waals surface area contributed by atoms with E-state index in [9.17, 15) is 4.79 Å². The first-order valence-corrected chi connectivity index (χ1v) is 8.48. The summed E-state index contributed by atoms with van der Waals surface area (Å²) in [7, 11) is 1.63. The van der Waals surface area contributed by atoms with Crippen molar-refractivity contribution in [1.29, 1.82) is 0 Å². The summed E-state index contributed by atoms with van der Waals surface area (Å²) in [5, 5.41) is 0. The molecule has 0 spiro atoms. The van der Waals surface area contributed by atoms with Crippen molar-refractivity contribution < 1.29 is 14.3 Å². The van der Waals surface area contributed by atoms with Gasteiger partial charge in [-0.05, 0) is 30.2 Å². The van der Waals surface area contributed by atoms with Gasteiger partial charge in [-0.1, -0.05) is 12.1 Å². The summed E-state index contributed by atoms with van der Waals surface area (Å²) < 4.78 is 10.9. The Kier molecular flexibility index (Phi) is 5.95. The van der Waals surface area contributed by atoms with Gasteiger partial charge in [0.15, 0.2) is 0 Å². The van der Waals surface area contributed by atoms with E-state index in [0.717, 1.165) is 23.4 Å². The highest BCUT2D eigenvalue weighted by atomic mass is 16.5. The predicted octanol–water partition coefficient (Wildman–Crippen LogP) is 1.75. The Labute approximate surface area is 147 Å². The van der Waals surface area contributed by atoms with Crippen molar-refractivity contribution in [3.8, 4) is 5.75 Å². The smallest absolute Gasteiger partial charge is 0.227 e. The molecule has 1 amide bonds. The molecule has 1 aliphatic heterocycles. The van der Waals surface area contributed by atoms with Crippen LogP contribution >= 0.6 is 0 Å². The van der Waals surface area contributed by atoms with Crippen molar-refractivity contribution in [1.82, 2.24) is 14.9 Å². The third-order valence-corrected chi connectivity index (χ3v) is 4.32. The molecule has 2 aromatic rings. The van der Waals surface area contributed by atoms with Gasteiger partial charge in [0.25, 0.3) is 0 Å². The van der Waals surface area contributed by atoms with Gasteiger partial charge >= 0.3 is 0 Å². The number of aromatic nitrogens is 2. The van der Waals surface area contributed by atoms with E-state index in [4.69, 9.17) is 9.47 Å². The lowest BCUT2D eigenvalue weighted by Crippen LogP contribution is -2.37. The van der Waals surface area contributed by atoms with Crippen molar-refractivity contribution in [2.75, 3.05) is 33.4 Å². The molecule has 0 aliphatic carbocycles. The minimum Gasteiger partial charge on any atom is -0.497 e. The number of carbonyl (C=O) groups is 1. The molecule has 3 rings (SSSR count). The Morgan fingerprint density at radius 3 is 3.12 bits per heavy atom. The number of rotatable bonds is 5. The minimum atomic E-state index is 0.117. The molecule has 1 aromatic heterocycles. The second kappa shape index (κ2) is 8.58. The highest BCUT2D eigenvalue weighted by molar-refractivity contribution is 5.79. The number of carbonyl (C=O) groups excluding carboxylic acids is 1. The maximum Gasteiger partial charge on any atom is 0.227 e. The molecule has 1 aliphatic rings. The van der Waals surface area contributed by atoms with Crippen molar-refractivity contribution in [3.63, 3.8) is 0 Å². The van der Waals surface area contributed by atoms with E-state index in [1.807, 2.05) is 35.2 Å². The molecule has 25 heavy (non-hydrogen) atoms. The molecule has 1 atom stereocenters. The maximum absolute atomic E-state index is 12.7. The van der Waals surface area contributed by atoms with Crippen LogP contribution in [0.3, 0.4) is 0 Å². The first kappa shape index (κ1) is 17.4. The van der Waals surface area contributed by atoms with E-state index < -0.39 is 0 Å². The second-order valence-corrected chi connectivity index (χ2v) is 6.21. The van der Waals surface area contributed by atoms with Crippen LogP contribution in [-0.4, -0.2) is 54.2 Å². The Morgan fingerprint density at radius 1 is 1.40 bits per heavy atom.